The molecule has 3 heterocycles. The van der Waals surface area contributed by atoms with Crippen molar-refractivity contribution < 1.29 is 9.32 Å². The first-order valence-corrected chi connectivity index (χ1v) is 9.17. The van der Waals surface area contributed by atoms with Crippen LogP contribution >= 0.6 is 11.3 Å². The normalized spacial score (nSPS) is 12.0. The summed E-state index contributed by atoms with van der Waals surface area (Å²) in [7, 11) is 0. The summed E-state index contributed by atoms with van der Waals surface area (Å²) in [6.07, 6.45) is 2.42. The Morgan fingerprint density at radius 1 is 1.35 bits per heavy atom. The third-order valence-corrected chi connectivity index (χ3v) is 4.56. The molecule has 0 aromatic carbocycles. The van der Waals surface area contributed by atoms with Crippen LogP contribution in [0.3, 0.4) is 0 Å². The number of nitrogens with one attached hydrogen (secondary N) is 2. The standard InChI is InChI=1S/C17H20N6O2S/c1-4-13-9-26-15(22-13)8-19-16(24)12-5-6-14(18-7-12)20-10(2)17-21-11(3)23-25-17/h5-7,9-10H,4,8H2,1-3H3,(H,18,20)(H,19,24)/t10-/m1/s1. The Kier molecular flexibility index (Phi) is 5.57. The van der Waals surface area contributed by atoms with Gasteiger partial charge in [-0.3, -0.25) is 4.79 Å². The van der Waals surface area contributed by atoms with Crippen LogP contribution in [0.2, 0.25) is 0 Å². The minimum atomic E-state index is -0.183. The zero-order valence-electron chi connectivity index (χ0n) is 14.8. The maximum atomic E-state index is 12.2. The number of hydrogen-bond acceptors (Lipinski definition) is 8. The summed E-state index contributed by atoms with van der Waals surface area (Å²) in [6.45, 7) is 6.13. The number of aryl methyl sites for hydroxylation is 2. The van der Waals surface area contributed by atoms with E-state index in [-0.39, 0.29) is 11.9 Å². The molecule has 0 bridgehead atoms. The van der Waals surface area contributed by atoms with Gasteiger partial charge in [-0.1, -0.05) is 12.1 Å². The van der Waals surface area contributed by atoms with E-state index in [0.29, 0.717) is 29.6 Å². The van der Waals surface area contributed by atoms with Crippen molar-refractivity contribution >= 4 is 23.1 Å². The Morgan fingerprint density at radius 3 is 2.81 bits per heavy atom. The molecule has 0 saturated carbocycles. The predicted octanol–water partition coefficient (Wildman–Crippen LogP) is 2.90. The van der Waals surface area contributed by atoms with Crippen LogP contribution in [0, 0.1) is 6.92 Å². The van der Waals surface area contributed by atoms with Crippen molar-refractivity contribution in [1.29, 1.82) is 0 Å². The highest BCUT2D eigenvalue weighted by atomic mass is 32.1. The zero-order valence-corrected chi connectivity index (χ0v) is 15.6. The zero-order chi connectivity index (χ0) is 18.5. The fraction of sp³-hybridized carbons (Fsp3) is 0.353. The lowest BCUT2D eigenvalue weighted by molar-refractivity contribution is 0.0950. The molecule has 1 atom stereocenters. The molecule has 136 valence electrons. The summed E-state index contributed by atoms with van der Waals surface area (Å²) in [5, 5.41) is 12.7. The summed E-state index contributed by atoms with van der Waals surface area (Å²) in [5.41, 5.74) is 1.53. The maximum absolute atomic E-state index is 12.2. The highest BCUT2D eigenvalue weighted by molar-refractivity contribution is 7.09. The van der Waals surface area contributed by atoms with Gasteiger partial charge in [0.15, 0.2) is 5.82 Å². The van der Waals surface area contributed by atoms with Gasteiger partial charge in [0.1, 0.15) is 16.9 Å². The number of carbonyl (C=O) groups is 1. The Bertz CT molecular complexity index is 874. The van der Waals surface area contributed by atoms with Crippen molar-refractivity contribution in [1.82, 2.24) is 25.4 Å². The van der Waals surface area contributed by atoms with Gasteiger partial charge in [-0.25, -0.2) is 9.97 Å². The topological polar surface area (TPSA) is 106 Å². The largest absolute Gasteiger partial charge is 0.359 e. The molecule has 8 nitrogen and oxygen atoms in total. The summed E-state index contributed by atoms with van der Waals surface area (Å²) in [4.78, 5) is 25.1. The van der Waals surface area contributed by atoms with E-state index in [9.17, 15) is 4.79 Å². The summed E-state index contributed by atoms with van der Waals surface area (Å²) < 4.78 is 5.12. The molecule has 3 aromatic rings. The van der Waals surface area contributed by atoms with Crippen LogP contribution in [0.25, 0.3) is 0 Å². The van der Waals surface area contributed by atoms with Gasteiger partial charge in [0.2, 0.25) is 5.89 Å². The van der Waals surface area contributed by atoms with E-state index in [0.717, 1.165) is 17.1 Å². The molecule has 0 aliphatic carbocycles. The van der Waals surface area contributed by atoms with Crippen LogP contribution in [-0.4, -0.2) is 26.0 Å². The average molecular weight is 372 g/mol. The number of amides is 1. The minimum Gasteiger partial charge on any atom is -0.359 e. The predicted molar refractivity (Wildman–Crippen MR) is 98.0 cm³/mol. The maximum Gasteiger partial charge on any atom is 0.253 e. The Balaban J connectivity index is 1.55. The first-order valence-electron chi connectivity index (χ1n) is 8.29. The van der Waals surface area contributed by atoms with Gasteiger partial charge in [-0.15, -0.1) is 11.3 Å². The van der Waals surface area contributed by atoms with Crippen LogP contribution in [-0.2, 0) is 13.0 Å². The van der Waals surface area contributed by atoms with Gasteiger partial charge in [-0.2, -0.15) is 4.98 Å². The number of carbonyl (C=O) groups excluding carboxylic acids is 1. The molecule has 0 fully saturated rings. The Morgan fingerprint density at radius 2 is 2.19 bits per heavy atom. The molecule has 0 aliphatic heterocycles. The highest BCUT2D eigenvalue weighted by Gasteiger charge is 2.14. The van der Waals surface area contributed by atoms with Crippen molar-refractivity contribution in [3.05, 3.63) is 51.7 Å². The highest BCUT2D eigenvalue weighted by Crippen LogP contribution is 2.16. The van der Waals surface area contributed by atoms with E-state index in [2.05, 4.69) is 37.7 Å². The van der Waals surface area contributed by atoms with Crippen molar-refractivity contribution in [2.45, 2.75) is 39.8 Å². The van der Waals surface area contributed by atoms with Crippen molar-refractivity contribution in [3.8, 4) is 0 Å². The second-order valence-corrected chi connectivity index (χ2v) is 6.69. The summed E-state index contributed by atoms with van der Waals surface area (Å²) >= 11 is 1.55. The Hall–Kier alpha value is -2.81. The molecule has 9 heteroatoms. The van der Waals surface area contributed by atoms with E-state index in [1.54, 1.807) is 30.4 Å². The van der Waals surface area contributed by atoms with Gasteiger partial charge >= 0.3 is 0 Å². The minimum absolute atomic E-state index is 0.180. The van der Waals surface area contributed by atoms with Crippen LogP contribution in [0.5, 0.6) is 0 Å². The summed E-state index contributed by atoms with van der Waals surface area (Å²) in [6, 6.07) is 3.28. The lowest BCUT2D eigenvalue weighted by Gasteiger charge is -2.10. The molecular weight excluding hydrogens is 352 g/mol. The number of rotatable bonds is 7. The Labute approximate surface area is 155 Å². The molecule has 26 heavy (non-hydrogen) atoms. The van der Waals surface area contributed by atoms with E-state index >= 15 is 0 Å². The number of thiazole rings is 1. The average Bonchev–Trinajstić information content (AvgIpc) is 3.29. The van der Waals surface area contributed by atoms with Gasteiger partial charge in [0, 0.05) is 11.6 Å². The molecule has 0 aliphatic rings. The first-order chi connectivity index (χ1) is 12.5. The monoisotopic (exact) mass is 372 g/mol. The van der Waals surface area contributed by atoms with E-state index in [1.165, 1.54) is 6.20 Å². The van der Waals surface area contributed by atoms with Gasteiger partial charge in [0.25, 0.3) is 5.91 Å². The molecule has 3 aromatic heterocycles. The smallest absolute Gasteiger partial charge is 0.253 e. The number of aromatic nitrogens is 4. The van der Waals surface area contributed by atoms with E-state index in [1.807, 2.05) is 12.3 Å². The van der Waals surface area contributed by atoms with E-state index < -0.39 is 0 Å². The number of nitrogens with zero attached hydrogens (tertiary/aromatic N) is 4. The third-order valence-electron chi connectivity index (χ3n) is 3.67. The second kappa shape index (κ2) is 8.05. The molecular formula is C17H20N6O2S. The number of hydrogen-bond donors (Lipinski definition) is 2. The molecule has 1 amide bonds. The van der Waals surface area contributed by atoms with Crippen molar-refractivity contribution in [2.24, 2.45) is 0 Å². The van der Waals surface area contributed by atoms with Gasteiger partial charge < -0.3 is 15.2 Å². The van der Waals surface area contributed by atoms with Crippen LogP contribution < -0.4 is 10.6 Å². The molecule has 2 N–H and O–H groups in total. The fourth-order valence-corrected chi connectivity index (χ4v) is 3.05. The van der Waals surface area contributed by atoms with Crippen LogP contribution in [0.1, 0.15) is 52.7 Å². The van der Waals surface area contributed by atoms with E-state index in [4.69, 9.17) is 4.52 Å². The fourth-order valence-electron chi connectivity index (χ4n) is 2.24. The lowest BCUT2D eigenvalue weighted by atomic mass is 10.2. The van der Waals surface area contributed by atoms with Crippen LogP contribution in [0.4, 0.5) is 5.82 Å². The van der Waals surface area contributed by atoms with Crippen molar-refractivity contribution in [3.63, 3.8) is 0 Å². The quantitative estimate of drug-likeness (QED) is 0.657. The summed E-state index contributed by atoms with van der Waals surface area (Å²) in [5.74, 6) is 1.51. The van der Waals surface area contributed by atoms with Gasteiger partial charge in [-0.05, 0) is 32.4 Å². The lowest BCUT2D eigenvalue weighted by Crippen LogP contribution is -2.23. The molecule has 0 saturated heterocycles. The number of pyridine rings is 1. The number of anilines is 1. The molecule has 0 unspecified atom stereocenters. The van der Waals surface area contributed by atoms with Crippen molar-refractivity contribution in [2.75, 3.05) is 5.32 Å². The van der Waals surface area contributed by atoms with Gasteiger partial charge in [0.05, 0.1) is 17.8 Å². The second-order valence-electron chi connectivity index (χ2n) is 5.75. The first kappa shape index (κ1) is 18.0. The third kappa shape index (κ3) is 4.42. The molecule has 0 radical (unpaired) electrons. The van der Waals surface area contributed by atoms with Crippen LogP contribution in [0.15, 0.2) is 28.2 Å². The SMILES string of the molecule is CCc1csc(CNC(=O)c2ccc(N[C@H](C)c3nc(C)no3)nc2)n1. The molecule has 0 spiro atoms. The molecule has 3 rings (SSSR count).